The van der Waals surface area contributed by atoms with Crippen LogP contribution in [0.3, 0.4) is 0 Å². The van der Waals surface area contributed by atoms with Crippen molar-refractivity contribution < 1.29 is 119 Å². The number of aliphatic hydroxyl groups excluding tert-OH is 2. The van der Waals surface area contributed by atoms with Crippen LogP contribution in [0.4, 0.5) is 0 Å². The summed E-state index contributed by atoms with van der Waals surface area (Å²) in [7, 11) is 0. The van der Waals surface area contributed by atoms with Crippen LogP contribution in [0.25, 0.3) is 0 Å². The molecule has 25 heteroatoms. The maximum atomic E-state index is 15.5. The van der Waals surface area contributed by atoms with Gasteiger partial charge in [-0.1, -0.05) is 273 Å². The van der Waals surface area contributed by atoms with E-state index in [0.29, 0.717) is 0 Å². The molecule has 4 saturated heterocycles. The molecule has 0 spiro atoms. The molecule has 4 heterocycles. The van der Waals surface area contributed by atoms with Crippen molar-refractivity contribution >= 4 is 29.8 Å². The summed E-state index contributed by atoms with van der Waals surface area (Å²) in [6, 6.07) is 96.4. The summed E-state index contributed by atoms with van der Waals surface area (Å²) in [6.07, 6.45) is -33.0. The van der Waals surface area contributed by atoms with E-state index in [1.807, 2.05) is 182 Å². The van der Waals surface area contributed by atoms with Crippen molar-refractivity contribution in [3.63, 3.8) is 0 Å². The SMILES string of the molecule is C[C@@H]1O[C@@H](O[C@@H]2[C@@H](OC(=O)c3ccccc3)[C@@H](O)O[C@H](COC(=O)c3ccccc3)[C@@H]2OC(=O)c2ccccc2)[C@H](OC(=O)c2ccccc2)[C@H](OC(=O)c2ccccc2)[C@H]1O[C@H]1O[C@H](COCc2ccccc2)[C@@H](OCc2ccccc2)[C@H](O)[C@@H]1O[C@H]1O[C@H](COCc2ccccc2)[C@H](OCc2ccccc2)[C@H](OCc2ccccc2)[C@H]1OCc1ccccc1. The molecule has 11 aromatic carbocycles. The first kappa shape index (κ1) is 89.0. The number of hydrogen-bond donors (Lipinski definition) is 2. The van der Waals surface area contributed by atoms with Gasteiger partial charge in [0.2, 0.25) is 0 Å². The van der Waals surface area contributed by atoms with E-state index >= 15 is 9.59 Å². The summed E-state index contributed by atoms with van der Waals surface area (Å²) in [4.78, 5) is 74.3. The zero-order chi connectivity index (χ0) is 86.8. The Morgan fingerprint density at radius 2 is 0.540 bits per heavy atom. The zero-order valence-electron chi connectivity index (χ0n) is 68.9. The van der Waals surface area contributed by atoms with Gasteiger partial charge < -0.3 is 95.5 Å². The van der Waals surface area contributed by atoms with Crippen LogP contribution in [0.5, 0.6) is 0 Å². The Kier molecular flexibility index (Phi) is 31.7. The van der Waals surface area contributed by atoms with Gasteiger partial charge in [-0.3, -0.25) is 0 Å². The minimum atomic E-state index is -2.19. The molecule has 0 saturated carbocycles. The summed E-state index contributed by atoms with van der Waals surface area (Å²) in [5.41, 5.74) is 4.98. The van der Waals surface area contributed by atoms with Crippen LogP contribution in [-0.4, -0.2) is 183 Å². The Bertz CT molecular complexity index is 5150. The molecule has 126 heavy (non-hydrogen) atoms. The molecule has 4 fully saturated rings. The number of carbonyl (C=O) groups is 5. The Balaban J connectivity index is 0.863. The third kappa shape index (κ3) is 23.8. The second kappa shape index (κ2) is 44.9. The van der Waals surface area contributed by atoms with Gasteiger partial charge in [-0.15, -0.1) is 0 Å². The number of benzene rings is 11. The van der Waals surface area contributed by atoms with E-state index in [9.17, 15) is 24.6 Å². The van der Waals surface area contributed by atoms with Gasteiger partial charge in [0.05, 0.1) is 86.8 Å². The highest BCUT2D eigenvalue weighted by Crippen LogP contribution is 2.41. The van der Waals surface area contributed by atoms with Crippen molar-refractivity contribution in [3.8, 4) is 0 Å². The number of carbonyl (C=O) groups excluding carboxylic acids is 5. The molecule has 25 nitrogen and oxygen atoms in total. The first-order chi connectivity index (χ1) is 61.8. The minimum Gasteiger partial charge on any atom is -0.459 e. The fourth-order valence-corrected chi connectivity index (χ4v) is 15.3. The normalized spacial score (nSPS) is 25.9. The van der Waals surface area contributed by atoms with Gasteiger partial charge in [0.1, 0.15) is 73.8 Å². The minimum absolute atomic E-state index is 0.00731. The predicted octanol–water partition coefficient (Wildman–Crippen LogP) is 13.9. The van der Waals surface area contributed by atoms with E-state index in [-0.39, 0.29) is 80.7 Å². The number of rotatable bonds is 37. The van der Waals surface area contributed by atoms with Crippen molar-refractivity contribution in [2.75, 3.05) is 19.8 Å². The van der Waals surface area contributed by atoms with Gasteiger partial charge in [0, 0.05) is 0 Å². The second-order valence-corrected chi connectivity index (χ2v) is 30.6. The fraction of sp³-hybridized carbons (Fsp3) is 0.297. The predicted molar refractivity (Wildman–Crippen MR) is 455 cm³/mol. The number of hydrogen-bond acceptors (Lipinski definition) is 25. The Hall–Kier alpha value is -11.8. The molecule has 0 bridgehead atoms. The largest absolute Gasteiger partial charge is 0.459 e. The first-order valence-corrected chi connectivity index (χ1v) is 41.9. The third-order valence-corrected chi connectivity index (χ3v) is 21.7. The van der Waals surface area contributed by atoms with Crippen LogP contribution >= 0.6 is 0 Å². The average Bonchev–Trinajstić information content (AvgIpc) is 0.757. The second-order valence-electron chi connectivity index (χ2n) is 30.6. The van der Waals surface area contributed by atoms with Crippen molar-refractivity contribution in [2.45, 2.75) is 169 Å². The molecule has 0 unspecified atom stereocenters. The zero-order valence-corrected chi connectivity index (χ0v) is 68.9. The molecular formula is C101H98O25. The van der Waals surface area contributed by atoms with E-state index in [1.165, 1.54) is 67.6 Å². The van der Waals surface area contributed by atoms with Gasteiger partial charge in [-0.05, 0) is 101 Å². The molecule has 0 radical (unpaired) electrons. The molecule has 0 aromatic heterocycles. The molecule has 4 aliphatic rings. The molecule has 20 atom stereocenters. The van der Waals surface area contributed by atoms with Crippen molar-refractivity contribution in [2.24, 2.45) is 0 Å². The van der Waals surface area contributed by atoms with Crippen molar-refractivity contribution in [1.29, 1.82) is 0 Å². The standard InChI is InChI=1S/C101H98O25/c1-66-82(88(121-95(105)75-51-29-10-30-52-75)92(123-97(107)77-55-33-12-34-56-77)101(116-66)126-89-85(120-94(104)74-49-27-9-28-50-74)80(65-115-93(103)73-47-25-8-26-48-73)117-98(108)90(89)122-96(106)76-53-31-11-32-54-76)124-99-86(81(102)83(111-59-69-39-17-4-18-40-69)78(118-99)63-109-57-67-35-13-2-14-36-67)125-100-91(114-62-72-45-23-7-24-46-72)87(113-61-71-43-21-6-22-44-71)84(112-60-70-41-19-5-20-42-70)79(119-100)64-110-58-68-37-15-3-16-38-68/h2-56,66,78-92,98-102,108H,57-65H2,1H3/t66-,78+,79+,80+,81-,82-,83+,84-,85-,86-,87-,88+,89-,90+,91+,92+,98-,99+,100+,101-/m0/s1. The Labute approximate surface area is 729 Å². The fourth-order valence-electron chi connectivity index (χ4n) is 15.3. The molecule has 4 aliphatic heterocycles. The van der Waals surface area contributed by atoms with E-state index in [2.05, 4.69) is 0 Å². The van der Waals surface area contributed by atoms with Crippen LogP contribution in [0.15, 0.2) is 334 Å². The lowest BCUT2D eigenvalue weighted by atomic mass is 9.95. The van der Waals surface area contributed by atoms with Gasteiger partial charge in [-0.25, -0.2) is 24.0 Å². The molecule has 2 N–H and O–H groups in total. The lowest BCUT2D eigenvalue weighted by Crippen LogP contribution is -2.68. The monoisotopic (exact) mass is 1710 g/mol. The van der Waals surface area contributed by atoms with Gasteiger partial charge >= 0.3 is 29.8 Å². The molecule has 11 aromatic rings. The first-order valence-electron chi connectivity index (χ1n) is 41.9. The van der Waals surface area contributed by atoms with Crippen LogP contribution in [0.2, 0.25) is 0 Å². The highest BCUT2D eigenvalue weighted by Gasteiger charge is 2.60. The number of aliphatic hydroxyl groups is 2. The van der Waals surface area contributed by atoms with Crippen LogP contribution < -0.4 is 0 Å². The maximum absolute atomic E-state index is 15.5. The van der Waals surface area contributed by atoms with E-state index in [0.717, 1.165) is 33.4 Å². The maximum Gasteiger partial charge on any atom is 0.338 e. The molecule has 15 rings (SSSR count). The lowest BCUT2D eigenvalue weighted by molar-refractivity contribution is -0.398. The van der Waals surface area contributed by atoms with Gasteiger partial charge in [0.15, 0.2) is 49.6 Å². The van der Waals surface area contributed by atoms with Crippen molar-refractivity contribution in [1.82, 2.24) is 0 Å². The summed E-state index contributed by atoms with van der Waals surface area (Å²) in [5.74, 6) is -4.85. The van der Waals surface area contributed by atoms with Crippen LogP contribution in [-0.2, 0) is 125 Å². The van der Waals surface area contributed by atoms with E-state index in [4.69, 9.17) is 85.3 Å². The smallest absolute Gasteiger partial charge is 0.338 e. The lowest BCUT2D eigenvalue weighted by Gasteiger charge is -2.51. The summed E-state index contributed by atoms with van der Waals surface area (Å²) in [5, 5.41) is 26.5. The Morgan fingerprint density at radius 1 is 0.254 bits per heavy atom. The molecule has 652 valence electrons. The summed E-state index contributed by atoms with van der Waals surface area (Å²) < 4.78 is 124. The summed E-state index contributed by atoms with van der Waals surface area (Å²) >= 11 is 0. The quantitative estimate of drug-likeness (QED) is 0.0270. The van der Waals surface area contributed by atoms with Gasteiger partial charge in [-0.2, -0.15) is 0 Å². The molecule has 0 aliphatic carbocycles. The van der Waals surface area contributed by atoms with E-state index in [1.54, 1.807) is 91.0 Å². The van der Waals surface area contributed by atoms with Gasteiger partial charge in [0.25, 0.3) is 0 Å². The highest BCUT2D eigenvalue weighted by molar-refractivity contribution is 5.92. The topological polar surface area (TPSA) is 292 Å². The highest BCUT2D eigenvalue weighted by atomic mass is 16.8. The van der Waals surface area contributed by atoms with Crippen LogP contribution in [0.1, 0.15) is 92.1 Å². The third-order valence-electron chi connectivity index (χ3n) is 21.7. The number of ether oxygens (including phenoxy) is 18. The molecular weight excluding hydrogens is 1610 g/mol. The number of esters is 5. The molecule has 0 amide bonds. The average molecular weight is 1710 g/mol. The van der Waals surface area contributed by atoms with Crippen LogP contribution in [0, 0.1) is 0 Å². The van der Waals surface area contributed by atoms with Crippen molar-refractivity contribution in [3.05, 3.63) is 395 Å². The summed E-state index contributed by atoms with van der Waals surface area (Å²) in [6.45, 7) is 0.673. The Morgan fingerprint density at radius 3 is 0.944 bits per heavy atom. The van der Waals surface area contributed by atoms with E-state index < -0.39 is 159 Å².